The summed E-state index contributed by atoms with van der Waals surface area (Å²) in [5, 5.41) is 22.3. The second-order valence-electron chi connectivity index (χ2n) is 10.9. The van der Waals surface area contributed by atoms with Gasteiger partial charge in [0, 0.05) is 5.41 Å². The van der Waals surface area contributed by atoms with Crippen LogP contribution in [-0.2, 0) is 5.41 Å². The van der Waals surface area contributed by atoms with E-state index in [9.17, 15) is 10.2 Å². The van der Waals surface area contributed by atoms with Crippen LogP contribution in [0.15, 0.2) is 24.3 Å². The highest BCUT2D eigenvalue weighted by Crippen LogP contribution is 2.45. The first-order valence-corrected chi connectivity index (χ1v) is 13.2. The number of aromatic hydroxyl groups is 2. The van der Waals surface area contributed by atoms with Crippen molar-refractivity contribution >= 4 is 0 Å². The van der Waals surface area contributed by atoms with Crippen molar-refractivity contribution in [1.29, 1.82) is 0 Å². The Morgan fingerprint density at radius 1 is 0.545 bits per heavy atom. The second-order valence-corrected chi connectivity index (χ2v) is 10.9. The van der Waals surface area contributed by atoms with Gasteiger partial charge < -0.3 is 10.2 Å². The lowest BCUT2D eigenvalue weighted by molar-refractivity contribution is 0.446. The summed E-state index contributed by atoms with van der Waals surface area (Å²) < 4.78 is 0. The number of phenolic OH excluding ortho intramolecular Hbond substituents is 2. The van der Waals surface area contributed by atoms with Crippen LogP contribution in [0.3, 0.4) is 0 Å². The standard InChI is InChI=1S/C31H48O2/c1-11-19(5)25-15-23(16-26(29(25)32)20(6)12-2)31(9,10)24-17-27(21(7)13-3)30(33)28(18-24)22(8)14-4/h15-22,32-33H,11-14H2,1-10H3. The average Bonchev–Trinajstić information content (AvgIpc) is 2.81. The van der Waals surface area contributed by atoms with Gasteiger partial charge in [0.2, 0.25) is 0 Å². The Labute approximate surface area is 203 Å². The van der Waals surface area contributed by atoms with E-state index in [2.05, 4.69) is 93.5 Å². The predicted octanol–water partition coefficient (Wildman–Crippen LogP) is 9.48. The minimum Gasteiger partial charge on any atom is -0.507 e. The third kappa shape index (κ3) is 5.42. The van der Waals surface area contributed by atoms with Gasteiger partial charge in [-0.25, -0.2) is 0 Å². The van der Waals surface area contributed by atoms with E-state index in [1.165, 1.54) is 11.1 Å². The maximum absolute atomic E-state index is 11.2. The smallest absolute Gasteiger partial charge is 0.122 e. The summed E-state index contributed by atoms with van der Waals surface area (Å²) in [5.74, 6) is 2.16. The first kappa shape index (κ1) is 27.3. The number of phenols is 2. The molecule has 184 valence electrons. The van der Waals surface area contributed by atoms with Crippen LogP contribution in [0.5, 0.6) is 11.5 Å². The molecule has 0 saturated carbocycles. The Morgan fingerprint density at radius 3 is 0.939 bits per heavy atom. The van der Waals surface area contributed by atoms with Crippen LogP contribution < -0.4 is 0 Å². The summed E-state index contributed by atoms with van der Waals surface area (Å²) in [6.07, 6.45) is 3.97. The van der Waals surface area contributed by atoms with Crippen LogP contribution in [0.1, 0.15) is 152 Å². The molecule has 4 atom stereocenters. The Hall–Kier alpha value is -1.96. The van der Waals surface area contributed by atoms with Crippen molar-refractivity contribution in [2.45, 2.75) is 124 Å². The molecule has 4 unspecified atom stereocenters. The zero-order valence-corrected chi connectivity index (χ0v) is 22.8. The molecule has 2 heteroatoms. The molecule has 2 rings (SSSR count). The Bertz CT molecular complexity index is 802. The summed E-state index contributed by atoms with van der Waals surface area (Å²) in [5.41, 5.74) is 6.45. The monoisotopic (exact) mass is 452 g/mol. The van der Waals surface area contributed by atoms with Crippen molar-refractivity contribution in [3.63, 3.8) is 0 Å². The van der Waals surface area contributed by atoms with Gasteiger partial charge >= 0.3 is 0 Å². The molecule has 0 aliphatic rings. The topological polar surface area (TPSA) is 40.5 Å². The third-order valence-electron chi connectivity index (χ3n) is 8.35. The lowest BCUT2D eigenvalue weighted by Gasteiger charge is -2.32. The molecule has 0 amide bonds. The largest absolute Gasteiger partial charge is 0.507 e. The molecule has 2 N–H and O–H groups in total. The number of hydrogen-bond acceptors (Lipinski definition) is 2. The van der Waals surface area contributed by atoms with Gasteiger partial charge in [-0.05, 0) is 82.7 Å². The first-order chi connectivity index (χ1) is 15.4. The molecule has 0 radical (unpaired) electrons. The molecule has 0 fully saturated rings. The molecular weight excluding hydrogens is 404 g/mol. The van der Waals surface area contributed by atoms with Crippen molar-refractivity contribution in [2.75, 3.05) is 0 Å². The van der Waals surface area contributed by atoms with Crippen molar-refractivity contribution in [3.05, 3.63) is 57.6 Å². The highest BCUT2D eigenvalue weighted by molar-refractivity contribution is 5.54. The van der Waals surface area contributed by atoms with Gasteiger partial charge in [-0.1, -0.05) is 93.5 Å². The van der Waals surface area contributed by atoms with Crippen molar-refractivity contribution < 1.29 is 10.2 Å². The van der Waals surface area contributed by atoms with Crippen LogP contribution >= 0.6 is 0 Å². The molecule has 2 aromatic carbocycles. The molecule has 0 saturated heterocycles. The highest BCUT2D eigenvalue weighted by atomic mass is 16.3. The summed E-state index contributed by atoms with van der Waals surface area (Å²) in [7, 11) is 0. The molecule has 2 nitrogen and oxygen atoms in total. The fraction of sp³-hybridized carbons (Fsp3) is 0.613. The Kier molecular flexibility index (Phi) is 9.08. The molecule has 0 aliphatic heterocycles. The van der Waals surface area contributed by atoms with Gasteiger partial charge in [0.25, 0.3) is 0 Å². The van der Waals surface area contributed by atoms with Gasteiger partial charge in [0.15, 0.2) is 0 Å². The third-order valence-corrected chi connectivity index (χ3v) is 8.35. The number of benzene rings is 2. The van der Waals surface area contributed by atoms with Gasteiger partial charge in [0.05, 0.1) is 0 Å². The zero-order chi connectivity index (χ0) is 25.1. The zero-order valence-electron chi connectivity index (χ0n) is 22.8. The number of rotatable bonds is 10. The van der Waals surface area contributed by atoms with Crippen molar-refractivity contribution in [3.8, 4) is 11.5 Å². The van der Waals surface area contributed by atoms with E-state index in [0.717, 1.165) is 47.9 Å². The highest BCUT2D eigenvalue weighted by Gasteiger charge is 2.30. The van der Waals surface area contributed by atoms with Crippen molar-refractivity contribution in [2.24, 2.45) is 0 Å². The maximum Gasteiger partial charge on any atom is 0.122 e. The second kappa shape index (κ2) is 11.0. The lowest BCUT2D eigenvalue weighted by Crippen LogP contribution is -2.21. The van der Waals surface area contributed by atoms with E-state index < -0.39 is 0 Å². The molecule has 0 bridgehead atoms. The molecule has 33 heavy (non-hydrogen) atoms. The average molecular weight is 453 g/mol. The first-order valence-electron chi connectivity index (χ1n) is 13.2. The van der Waals surface area contributed by atoms with Crippen LogP contribution in [0, 0.1) is 0 Å². The fourth-order valence-electron chi connectivity index (χ4n) is 4.63. The summed E-state index contributed by atoms with van der Waals surface area (Å²) in [6.45, 7) is 22.1. The molecule has 0 spiro atoms. The Morgan fingerprint density at radius 2 is 0.758 bits per heavy atom. The lowest BCUT2D eigenvalue weighted by atomic mass is 9.73. The minimum atomic E-state index is -0.254. The Balaban J connectivity index is 2.82. The van der Waals surface area contributed by atoms with E-state index in [0.29, 0.717) is 35.2 Å². The van der Waals surface area contributed by atoms with Gasteiger partial charge in [-0.2, -0.15) is 0 Å². The molecular formula is C31H48O2. The maximum atomic E-state index is 11.2. The van der Waals surface area contributed by atoms with Gasteiger partial charge in [-0.15, -0.1) is 0 Å². The quantitative estimate of drug-likeness (QED) is 0.377. The molecule has 2 aromatic rings. The van der Waals surface area contributed by atoms with Gasteiger partial charge in [0.1, 0.15) is 11.5 Å². The molecule has 0 aliphatic carbocycles. The van der Waals surface area contributed by atoms with Crippen LogP contribution in [-0.4, -0.2) is 10.2 Å². The van der Waals surface area contributed by atoms with E-state index in [1.54, 1.807) is 0 Å². The SMILES string of the molecule is CCC(C)c1cc(C(C)(C)c2cc(C(C)CC)c(O)c(C(C)CC)c2)cc(C(C)CC)c1O. The van der Waals surface area contributed by atoms with Crippen LogP contribution in [0.25, 0.3) is 0 Å². The molecule has 0 aromatic heterocycles. The van der Waals surface area contributed by atoms with Crippen LogP contribution in [0.4, 0.5) is 0 Å². The summed E-state index contributed by atoms with van der Waals surface area (Å²) in [6, 6.07) is 8.92. The predicted molar refractivity (Wildman–Crippen MR) is 143 cm³/mol. The van der Waals surface area contributed by atoms with E-state index in [4.69, 9.17) is 0 Å². The summed E-state index contributed by atoms with van der Waals surface area (Å²) >= 11 is 0. The number of hydrogen-bond donors (Lipinski definition) is 2. The normalized spacial score (nSPS) is 15.8. The van der Waals surface area contributed by atoms with Crippen LogP contribution in [0.2, 0.25) is 0 Å². The molecule has 0 heterocycles. The summed E-state index contributed by atoms with van der Waals surface area (Å²) in [4.78, 5) is 0. The van der Waals surface area contributed by atoms with Gasteiger partial charge in [-0.3, -0.25) is 0 Å². The van der Waals surface area contributed by atoms with E-state index in [1.807, 2.05) is 0 Å². The van der Waals surface area contributed by atoms with Crippen molar-refractivity contribution in [1.82, 2.24) is 0 Å². The fourth-order valence-corrected chi connectivity index (χ4v) is 4.63. The van der Waals surface area contributed by atoms with E-state index >= 15 is 0 Å². The minimum absolute atomic E-state index is 0.254. The van der Waals surface area contributed by atoms with E-state index in [-0.39, 0.29) is 5.41 Å².